The molecule has 4 aromatic rings. The Morgan fingerprint density at radius 1 is 1.03 bits per heavy atom. The second kappa shape index (κ2) is 11.1. The van der Waals surface area contributed by atoms with Gasteiger partial charge in [-0.2, -0.15) is 8.42 Å². The smallest absolute Gasteiger partial charge is 0.337 e. The van der Waals surface area contributed by atoms with Crippen molar-refractivity contribution in [3.8, 4) is 5.75 Å². The summed E-state index contributed by atoms with van der Waals surface area (Å²) in [6.07, 6.45) is 3.28. The Hall–Kier alpha value is -3.76. The van der Waals surface area contributed by atoms with Crippen LogP contribution >= 0.6 is 11.3 Å². The molecule has 2 heterocycles. The number of aromatic nitrogens is 2. The van der Waals surface area contributed by atoms with E-state index in [1.54, 1.807) is 55.0 Å². The second-order valence-electron chi connectivity index (χ2n) is 8.51. The van der Waals surface area contributed by atoms with E-state index < -0.39 is 16.0 Å². The zero-order chi connectivity index (χ0) is 26.6. The van der Waals surface area contributed by atoms with Crippen LogP contribution in [0.25, 0.3) is 0 Å². The van der Waals surface area contributed by atoms with E-state index in [0.717, 1.165) is 33.6 Å². The Kier molecular flexibility index (Phi) is 7.89. The summed E-state index contributed by atoms with van der Waals surface area (Å²) in [4.78, 5) is 20.1. The van der Waals surface area contributed by atoms with Crippen molar-refractivity contribution < 1.29 is 22.7 Å². The van der Waals surface area contributed by atoms with Gasteiger partial charge in [-0.05, 0) is 73.4 Å². The monoisotopic (exact) mass is 537 g/mol. The Morgan fingerprint density at radius 3 is 2.38 bits per heavy atom. The normalized spacial score (nSPS) is 11.2. The molecular weight excluding hydrogens is 510 g/mol. The molecule has 4 rings (SSSR count). The SMILES string of the molecule is COC(=O)c1ccc(COc2cc(C)c(C)cc2N(Cc2cccnc2)S(=O)(=O)c2nc(C)cs2)cc1. The van der Waals surface area contributed by atoms with E-state index in [2.05, 4.69) is 9.97 Å². The van der Waals surface area contributed by atoms with Gasteiger partial charge in [0, 0.05) is 23.5 Å². The molecule has 0 saturated carbocycles. The van der Waals surface area contributed by atoms with Gasteiger partial charge >= 0.3 is 5.97 Å². The number of sulfonamides is 1. The van der Waals surface area contributed by atoms with Crippen LogP contribution in [0, 0.1) is 20.8 Å². The Balaban J connectivity index is 1.74. The molecule has 2 aromatic heterocycles. The second-order valence-corrected chi connectivity index (χ2v) is 11.4. The molecule has 0 aliphatic carbocycles. The zero-order valence-electron chi connectivity index (χ0n) is 21.0. The summed E-state index contributed by atoms with van der Waals surface area (Å²) in [5.41, 5.74) is 4.90. The zero-order valence-corrected chi connectivity index (χ0v) is 22.6. The van der Waals surface area contributed by atoms with Crippen LogP contribution in [0.2, 0.25) is 0 Å². The number of nitrogens with zero attached hydrogens (tertiary/aromatic N) is 3. The van der Waals surface area contributed by atoms with Crippen LogP contribution in [0.15, 0.2) is 70.6 Å². The lowest BCUT2D eigenvalue weighted by Gasteiger charge is -2.26. The summed E-state index contributed by atoms with van der Waals surface area (Å²) in [7, 11) is -2.67. The van der Waals surface area contributed by atoms with E-state index in [1.807, 2.05) is 32.0 Å². The van der Waals surface area contributed by atoms with Gasteiger partial charge in [0.25, 0.3) is 10.0 Å². The van der Waals surface area contributed by atoms with E-state index in [4.69, 9.17) is 9.47 Å². The molecular formula is C27H27N3O5S2. The van der Waals surface area contributed by atoms with Crippen molar-refractivity contribution in [3.63, 3.8) is 0 Å². The Morgan fingerprint density at radius 2 is 1.76 bits per heavy atom. The number of pyridine rings is 1. The lowest BCUT2D eigenvalue weighted by Crippen LogP contribution is -2.31. The number of esters is 1. The third-order valence-electron chi connectivity index (χ3n) is 5.77. The average Bonchev–Trinajstić information content (AvgIpc) is 3.35. The molecule has 192 valence electrons. The molecule has 2 aromatic carbocycles. The summed E-state index contributed by atoms with van der Waals surface area (Å²) < 4.78 is 40.0. The highest BCUT2D eigenvalue weighted by atomic mass is 32.2. The van der Waals surface area contributed by atoms with E-state index in [-0.39, 0.29) is 17.5 Å². The van der Waals surface area contributed by atoms with Crippen molar-refractivity contribution in [2.45, 2.75) is 38.3 Å². The van der Waals surface area contributed by atoms with Gasteiger partial charge in [-0.1, -0.05) is 18.2 Å². The van der Waals surface area contributed by atoms with Gasteiger partial charge in [0.05, 0.1) is 24.9 Å². The van der Waals surface area contributed by atoms with Crippen LogP contribution in [0.5, 0.6) is 5.75 Å². The first-order valence-electron chi connectivity index (χ1n) is 11.4. The molecule has 0 aliphatic heterocycles. The van der Waals surface area contributed by atoms with Gasteiger partial charge in [0.15, 0.2) is 0 Å². The summed E-state index contributed by atoms with van der Waals surface area (Å²) in [5.74, 6) is -0.00141. The predicted octanol–water partition coefficient (Wildman–Crippen LogP) is 5.22. The lowest BCUT2D eigenvalue weighted by atomic mass is 10.1. The molecule has 8 nitrogen and oxygen atoms in total. The van der Waals surface area contributed by atoms with Crippen molar-refractivity contribution >= 4 is 33.0 Å². The first-order chi connectivity index (χ1) is 17.7. The quantitative estimate of drug-likeness (QED) is 0.270. The minimum Gasteiger partial charge on any atom is -0.487 e. The summed E-state index contributed by atoms with van der Waals surface area (Å²) in [6.45, 7) is 5.87. The lowest BCUT2D eigenvalue weighted by molar-refractivity contribution is 0.0600. The number of carbonyl (C=O) groups is 1. The summed E-state index contributed by atoms with van der Waals surface area (Å²) in [5, 5.41) is 1.71. The number of rotatable bonds is 9. The largest absolute Gasteiger partial charge is 0.487 e. The van der Waals surface area contributed by atoms with Crippen LogP contribution < -0.4 is 9.04 Å². The number of benzene rings is 2. The fourth-order valence-electron chi connectivity index (χ4n) is 3.60. The molecule has 0 aliphatic rings. The maximum atomic E-state index is 13.9. The van der Waals surface area contributed by atoms with E-state index in [0.29, 0.717) is 22.7 Å². The topological polar surface area (TPSA) is 98.7 Å². The first kappa shape index (κ1) is 26.3. The Labute approximate surface area is 220 Å². The summed E-state index contributed by atoms with van der Waals surface area (Å²) in [6, 6.07) is 14.1. The van der Waals surface area contributed by atoms with Crippen molar-refractivity contribution in [2.75, 3.05) is 11.4 Å². The van der Waals surface area contributed by atoms with Crippen molar-refractivity contribution in [3.05, 3.63) is 99.8 Å². The van der Waals surface area contributed by atoms with E-state index in [9.17, 15) is 13.2 Å². The number of anilines is 1. The Bertz CT molecular complexity index is 1500. The van der Waals surface area contributed by atoms with Crippen molar-refractivity contribution in [1.29, 1.82) is 0 Å². The number of hydrogen-bond acceptors (Lipinski definition) is 8. The van der Waals surface area contributed by atoms with Crippen molar-refractivity contribution in [1.82, 2.24) is 9.97 Å². The van der Waals surface area contributed by atoms with Gasteiger partial charge in [0.1, 0.15) is 12.4 Å². The van der Waals surface area contributed by atoms with E-state index in [1.165, 1.54) is 11.4 Å². The molecule has 0 fully saturated rings. The van der Waals surface area contributed by atoms with Gasteiger partial charge in [-0.25, -0.2) is 9.78 Å². The molecule has 0 amide bonds. The third-order valence-corrected chi connectivity index (χ3v) is 8.88. The number of thiazole rings is 1. The number of aryl methyl sites for hydroxylation is 3. The highest BCUT2D eigenvalue weighted by Gasteiger charge is 2.31. The number of ether oxygens (including phenoxy) is 2. The van der Waals surface area contributed by atoms with Gasteiger partial charge < -0.3 is 9.47 Å². The highest BCUT2D eigenvalue weighted by Crippen LogP contribution is 2.37. The number of carbonyl (C=O) groups excluding carboxylic acids is 1. The maximum absolute atomic E-state index is 13.9. The van der Waals surface area contributed by atoms with Crippen LogP contribution in [0.1, 0.15) is 38.3 Å². The van der Waals surface area contributed by atoms with Crippen LogP contribution in [-0.2, 0) is 27.9 Å². The molecule has 0 unspecified atom stereocenters. The minimum absolute atomic E-state index is 0.0106. The highest BCUT2D eigenvalue weighted by molar-refractivity contribution is 7.94. The standard InChI is InChI=1S/C27H27N3O5S2/c1-18-12-24(25(13-19(18)2)35-16-21-7-9-23(10-8-21)26(31)34-4)30(15-22-6-5-11-28-14-22)37(32,33)27-29-20(3)17-36-27/h5-14,17H,15-16H2,1-4H3. The van der Waals surface area contributed by atoms with Crippen LogP contribution in [0.3, 0.4) is 0 Å². The fraction of sp³-hybridized carbons (Fsp3) is 0.222. The molecule has 0 saturated heterocycles. The van der Waals surface area contributed by atoms with Gasteiger partial charge in [-0.3, -0.25) is 9.29 Å². The van der Waals surface area contributed by atoms with Gasteiger partial charge in [-0.15, -0.1) is 11.3 Å². The van der Waals surface area contributed by atoms with Crippen molar-refractivity contribution in [2.24, 2.45) is 0 Å². The molecule has 10 heteroatoms. The third kappa shape index (κ3) is 5.98. The fourth-order valence-corrected chi connectivity index (χ4v) is 6.19. The molecule has 0 radical (unpaired) electrons. The predicted molar refractivity (Wildman–Crippen MR) is 142 cm³/mol. The molecule has 37 heavy (non-hydrogen) atoms. The van der Waals surface area contributed by atoms with Crippen LogP contribution in [0.4, 0.5) is 5.69 Å². The molecule has 0 spiro atoms. The number of hydrogen-bond donors (Lipinski definition) is 0. The van der Waals surface area contributed by atoms with E-state index >= 15 is 0 Å². The first-order valence-corrected chi connectivity index (χ1v) is 13.8. The minimum atomic E-state index is -4.00. The molecule has 0 N–H and O–H groups in total. The molecule has 0 atom stereocenters. The maximum Gasteiger partial charge on any atom is 0.337 e. The molecule has 0 bridgehead atoms. The number of methoxy groups -OCH3 is 1. The average molecular weight is 538 g/mol. The van der Waals surface area contributed by atoms with Crippen LogP contribution in [-0.4, -0.2) is 31.5 Å². The van der Waals surface area contributed by atoms with Gasteiger partial charge in [0.2, 0.25) is 4.34 Å². The summed E-state index contributed by atoms with van der Waals surface area (Å²) >= 11 is 1.08.